The average Bonchev–Trinajstić information content (AvgIpc) is 2.26. The fraction of sp³-hybridized carbons (Fsp3) is 0.273. The normalized spacial score (nSPS) is 9.76. The van der Waals surface area contributed by atoms with Gasteiger partial charge in [0.25, 0.3) is 5.91 Å². The van der Waals surface area contributed by atoms with E-state index in [1.165, 1.54) is 0 Å². The van der Waals surface area contributed by atoms with E-state index in [1.54, 1.807) is 6.92 Å². The number of aromatic carboxylic acids is 1. The molecule has 1 aromatic rings. The fourth-order valence-electron chi connectivity index (χ4n) is 1.17. The molecule has 0 aliphatic rings. The second kappa shape index (κ2) is 5.83. The number of benzene rings is 1. The predicted octanol–water partition coefficient (Wildman–Crippen LogP) is 1.04. The number of carbonyl (C=O) groups is 2. The van der Waals surface area contributed by atoms with Gasteiger partial charge in [0.2, 0.25) is 0 Å². The van der Waals surface area contributed by atoms with E-state index in [-0.39, 0.29) is 23.8 Å². The highest BCUT2D eigenvalue weighted by atomic mass is 19.1. The van der Waals surface area contributed by atoms with Crippen molar-refractivity contribution in [3.8, 4) is 5.75 Å². The lowest BCUT2D eigenvalue weighted by Crippen LogP contribution is -2.28. The Kier molecular flexibility index (Phi) is 4.45. The molecule has 6 heteroatoms. The summed E-state index contributed by atoms with van der Waals surface area (Å²) < 4.78 is 18.0. The number of carboxylic acid groups (broad SMARTS) is 1. The third-order valence-corrected chi connectivity index (χ3v) is 1.86. The number of nitrogens with one attached hydrogen (secondary N) is 1. The van der Waals surface area contributed by atoms with Crippen molar-refractivity contribution < 1.29 is 23.8 Å². The smallest absolute Gasteiger partial charge is 0.335 e. The molecule has 0 unspecified atom stereocenters. The van der Waals surface area contributed by atoms with Crippen LogP contribution in [0.4, 0.5) is 4.39 Å². The molecule has 0 aromatic heterocycles. The average molecular weight is 241 g/mol. The monoisotopic (exact) mass is 241 g/mol. The molecule has 0 heterocycles. The Balaban J connectivity index is 2.71. The van der Waals surface area contributed by atoms with Gasteiger partial charge in [-0.2, -0.15) is 0 Å². The summed E-state index contributed by atoms with van der Waals surface area (Å²) in [6, 6.07) is 3.05. The van der Waals surface area contributed by atoms with Gasteiger partial charge in [-0.1, -0.05) is 0 Å². The third kappa shape index (κ3) is 4.10. The topological polar surface area (TPSA) is 75.6 Å². The summed E-state index contributed by atoms with van der Waals surface area (Å²) in [5.41, 5.74) is -0.226. The number of halogens is 1. The quantitative estimate of drug-likeness (QED) is 0.807. The predicted molar refractivity (Wildman–Crippen MR) is 57.5 cm³/mol. The molecule has 0 saturated carbocycles. The molecule has 0 radical (unpaired) electrons. The van der Waals surface area contributed by atoms with Crippen LogP contribution in [0.5, 0.6) is 5.75 Å². The summed E-state index contributed by atoms with van der Waals surface area (Å²) in [5, 5.41) is 11.2. The largest absolute Gasteiger partial charge is 0.484 e. The molecule has 92 valence electrons. The van der Waals surface area contributed by atoms with Crippen molar-refractivity contribution in [1.82, 2.24) is 5.32 Å². The fourth-order valence-corrected chi connectivity index (χ4v) is 1.17. The lowest BCUT2D eigenvalue weighted by Gasteiger charge is -2.07. The highest BCUT2D eigenvalue weighted by Gasteiger charge is 2.09. The Bertz CT molecular complexity index is 433. The van der Waals surface area contributed by atoms with Gasteiger partial charge in [0.15, 0.2) is 6.61 Å². The lowest BCUT2D eigenvalue weighted by atomic mass is 10.2. The number of ether oxygens (including phenoxy) is 1. The van der Waals surface area contributed by atoms with Crippen LogP contribution in [-0.2, 0) is 4.79 Å². The van der Waals surface area contributed by atoms with E-state index in [2.05, 4.69) is 5.32 Å². The Labute approximate surface area is 97.2 Å². The molecule has 0 aliphatic carbocycles. The Hall–Kier alpha value is -2.11. The minimum absolute atomic E-state index is 0.00801. The zero-order valence-corrected chi connectivity index (χ0v) is 9.20. The number of amides is 1. The molecule has 17 heavy (non-hydrogen) atoms. The van der Waals surface area contributed by atoms with Crippen molar-refractivity contribution in [2.24, 2.45) is 0 Å². The van der Waals surface area contributed by atoms with Gasteiger partial charge in [-0.25, -0.2) is 9.18 Å². The van der Waals surface area contributed by atoms with Crippen LogP contribution in [0.3, 0.4) is 0 Å². The first kappa shape index (κ1) is 13.0. The molecular weight excluding hydrogens is 229 g/mol. The zero-order valence-electron chi connectivity index (χ0n) is 9.20. The number of hydrogen-bond acceptors (Lipinski definition) is 3. The van der Waals surface area contributed by atoms with Crippen LogP contribution >= 0.6 is 0 Å². The zero-order chi connectivity index (χ0) is 12.8. The number of likely N-dealkylation sites (N-methyl/N-ethyl adjacent to an activating group) is 1. The van der Waals surface area contributed by atoms with Crippen molar-refractivity contribution in [2.75, 3.05) is 13.2 Å². The standard InChI is InChI=1S/C11H12FNO4/c1-2-13-10(14)6-17-9-4-7(11(15)16)3-8(12)5-9/h3-5H,2,6H2,1H3,(H,13,14)(H,15,16). The van der Waals surface area contributed by atoms with Crippen molar-refractivity contribution in [1.29, 1.82) is 0 Å². The molecule has 5 nitrogen and oxygen atoms in total. The highest BCUT2D eigenvalue weighted by Crippen LogP contribution is 2.16. The molecule has 0 spiro atoms. The molecule has 1 amide bonds. The minimum Gasteiger partial charge on any atom is -0.484 e. The first-order valence-electron chi connectivity index (χ1n) is 4.96. The maximum absolute atomic E-state index is 13.0. The molecule has 0 fully saturated rings. The van der Waals surface area contributed by atoms with Crippen molar-refractivity contribution in [3.05, 3.63) is 29.6 Å². The van der Waals surface area contributed by atoms with Crippen LogP contribution in [0, 0.1) is 5.82 Å². The van der Waals surface area contributed by atoms with Crippen LogP contribution < -0.4 is 10.1 Å². The lowest BCUT2D eigenvalue weighted by molar-refractivity contribution is -0.122. The van der Waals surface area contributed by atoms with Crippen LogP contribution in [-0.4, -0.2) is 30.1 Å². The molecule has 0 saturated heterocycles. The molecular formula is C11H12FNO4. The van der Waals surface area contributed by atoms with E-state index in [1.807, 2.05) is 0 Å². The Morgan fingerprint density at radius 1 is 1.41 bits per heavy atom. The minimum atomic E-state index is -1.26. The molecule has 1 aromatic carbocycles. The second-order valence-electron chi connectivity index (χ2n) is 3.22. The van der Waals surface area contributed by atoms with E-state index < -0.39 is 11.8 Å². The molecule has 2 N–H and O–H groups in total. The highest BCUT2D eigenvalue weighted by molar-refractivity contribution is 5.88. The van der Waals surface area contributed by atoms with Crippen LogP contribution in [0.1, 0.15) is 17.3 Å². The first-order valence-corrected chi connectivity index (χ1v) is 4.96. The maximum atomic E-state index is 13.0. The number of carbonyl (C=O) groups excluding carboxylic acids is 1. The Morgan fingerprint density at radius 2 is 2.12 bits per heavy atom. The van der Waals surface area contributed by atoms with E-state index >= 15 is 0 Å². The van der Waals surface area contributed by atoms with Crippen LogP contribution in [0.15, 0.2) is 18.2 Å². The summed E-state index contributed by atoms with van der Waals surface area (Å²) >= 11 is 0. The van der Waals surface area contributed by atoms with Crippen molar-refractivity contribution in [2.45, 2.75) is 6.92 Å². The number of hydrogen-bond donors (Lipinski definition) is 2. The van der Waals surface area contributed by atoms with Crippen LogP contribution in [0.25, 0.3) is 0 Å². The third-order valence-electron chi connectivity index (χ3n) is 1.86. The van der Waals surface area contributed by atoms with Crippen molar-refractivity contribution >= 4 is 11.9 Å². The SMILES string of the molecule is CCNC(=O)COc1cc(F)cc(C(=O)O)c1. The van der Waals surface area contributed by atoms with E-state index in [9.17, 15) is 14.0 Å². The summed E-state index contributed by atoms with van der Waals surface area (Å²) in [6.07, 6.45) is 0. The van der Waals surface area contributed by atoms with Gasteiger partial charge in [0.1, 0.15) is 11.6 Å². The van der Waals surface area contributed by atoms with Gasteiger partial charge < -0.3 is 15.2 Å². The van der Waals surface area contributed by atoms with Gasteiger partial charge in [0, 0.05) is 12.6 Å². The van der Waals surface area contributed by atoms with Gasteiger partial charge >= 0.3 is 5.97 Å². The summed E-state index contributed by atoms with van der Waals surface area (Å²) in [6.45, 7) is 1.94. The van der Waals surface area contributed by atoms with Gasteiger partial charge in [-0.15, -0.1) is 0 Å². The summed E-state index contributed by atoms with van der Waals surface area (Å²) in [4.78, 5) is 21.7. The first-order chi connectivity index (χ1) is 8.02. The van der Waals surface area contributed by atoms with Gasteiger partial charge in [-0.3, -0.25) is 4.79 Å². The summed E-state index contributed by atoms with van der Waals surface area (Å²) in [5.74, 6) is -2.33. The number of carboxylic acids is 1. The maximum Gasteiger partial charge on any atom is 0.335 e. The molecule has 0 atom stereocenters. The molecule has 0 bridgehead atoms. The van der Waals surface area contributed by atoms with Crippen LogP contribution in [0.2, 0.25) is 0 Å². The van der Waals surface area contributed by atoms with Gasteiger partial charge in [-0.05, 0) is 19.1 Å². The van der Waals surface area contributed by atoms with E-state index in [4.69, 9.17) is 9.84 Å². The molecule has 1 rings (SSSR count). The Morgan fingerprint density at radius 3 is 2.71 bits per heavy atom. The molecule has 0 aliphatic heterocycles. The van der Waals surface area contributed by atoms with Crippen molar-refractivity contribution in [3.63, 3.8) is 0 Å². The van der Waals surface area contributed by atoms with E-state index in [0.29, 0.717) is 6.54 Å². The number of rotatable bonds is 5. The van der Waals surface area contributed by atoms with Gasteiger partial charge in [0.05, 0.1) is 5.56 Å². The summed E-state index contributed by atoms with van der Waals surface area (Å²) in [7, 11) is 0. The van der Waals surface area contributed by atoms with E-state index in [0.717, 1.165) is 18.2 Å². The second-order valence-corrected chi connectivity index (χ2v) is 3.22.